The lowest BCUT2D eigenvalue weighted by atomic mass is 9.99. The van der Waals surface area contributed by atoms with Crippen LogP contribution in [-0.2, 0) is 0 Å². The van der Waals surface area contributed by atoms with Crippen LogP contribution in [0.1, 0.15) is 11.1 Å². The first-order chi connectivity index (χ1) is 10.7. The van der Waals surface area contributed by atoms with Crippen molar-refractivity contribution < 1.29 is 4.74 Å². The van der Waals surface area contributed by atoms with Gasteiger partial charge in [-0.15, -0.1) is 0 Å². The van der Waals surface area contributed by atoms with Gasteiger partial charge < -0.3 is 4.74 Å². The third-order valence-corrected chi connectivity index (χ3v) is 3.77. The predicted molar refractivity (Wildman–Crippen MR) is 88.9 cm³/mol. The second-order valence-corrected chi connectivity index (χ2v) is 5.29. The molecule has 0 radical (unpaired) electrons. The fourth-order valence-corrected chi connectivity index (χ4v) is 2.65. The number of methoxy groups -OCH3 is 1. The molecule has 0 amide bonds. The second kappa shape index (κ2) is 5.98. The fraction of sp³-hybridized carbons (Fsp3) is 0.158. The Labute approximate surface area is 130 Å². The molecule has 22 heavy (non-hydrogen) atoms. The third kappa shape index (κ3) is 2.70. The van der Waals surface area contributed by atoms with E-state index < -0.39 is 0 Å². The summed E-state index contributed by atoms with van der Waals surface area (Å²) in [5, 5.41) is 0. The van der Waals surface area contributed by atoms with Crippen LogP contribution in [0.15, 0.2) is 54.9 Å². The monoisotopic (exact) mass is 290 g/mol. The molecule has 2 aromatic carbocycles. The molecule has 0 atom stereocenters. The third-order valence-electron chi connectivity index (χ3n) is 3.77. The Morgan fingerprint density at radius 1 is 0.818 bits per heavy atom. The minimum Gasteiger partial charge on any atom is -0.497 e. The normalized spacial score (nSPS) is 10.5. The van der Waals surface area contributed by atoms with E-state index in [2.05, 4.69) is 42.0 Å². The van der Waals surface area contributed by atoms with Gasteiger partial charge in [0.1, 0.15) is 12.1 Å². The molecule has 110 valence electrons. The second-order valence-electron chi connectivity index (χ2n) is 5.29. The summed E-state index contributed by atoms with van der Waals surface area (Å²) < 4.78 is 5.29. The van der Waals surface area contributed by atoms with Crippen molar-refractivity contribution in [3.8, 4) is 28.3 Å². The summed E-state index contributed by atoms with van der Waals surface area (Å²) in [5.74, 6) is 0.824. The maximum atomic E-state index is 5.29. The van der Waals surface area contributed by atoms with Crippen molar-refractivity contribution in [3.63, 3.8) is 0 Å². The minimum absolute atomic E-state index is 0.824. The van der Waals surface area contributed by atoms with Crippen molar-refractivity contribution in [2.75, 3.05) is 7.11 Å². The highest BCUT2D eigenvalue weighted by Crippen LogP contribution is 2.29. The first-order valence-electron chi connectivity index (χ1n) is 7.22. The number of aryl methyl sites for hydroxylation is 2. The van der Waals surface area contributed by atoms with Gasteiger partial charge in [0, 0.05) is 11.1 Å². The van der Waals surface area contributed by atoms with Gasteiger partial charge in [-0.3, -0.25) is 0 Å². The van der Waals surface area contributed by atoms with E-state index in [0.29, 0.717) is 0 Å². The van der Waals surface area contributed by atoms with Gasteiger partial charge in [-0.25, -0.2) is 9.97 Å². The smallest absolute Gasteiger partial charge is 0.119 e. The Morgan fingerprint density at radius 3 is 2.23 bits per heavy atom. The molecule has 3 heteroatoms. The van der Waals surface area contributed by atoms with Crippen LogP contribution < -0.4 is 4.74 Å². The molecule has 0 saturated carbocycles. The van der Waals surface area contributed by atoms with Crippen molar-refractivity contribution in [1.29, 1.82) is 0 Å². The molecular formula is C19H18N2O. The number of benzene rings is 2. The summed E-state index contributed by atoms with van der Waals surface area (Å²) in [6.07, 6.45) is 1.62. The summed E-state index contributed by atoms with van der Waals surface area (Å²) in [6.45, 7) is 4.21. The van der Waals surface area contributed by atoms with Crippen LogP contribution in [-0.4, -0.2) is 17.1 Å². The van der Waals surface area contributed by atoms with Gasteiger partial charge >= 0.3 is 0 Å². The molecule has 0 spiro atoms. The highest BCUT2D eigenvalue weighted by atomic mass is 16.5. The van der Waals surface area contributed by atoms with E-state index in [1.165, 1.54) is 16.7 Å². The van der Waals surface area contributed by atoms with Crippen molar-refractivity contribution in [2.45, 2.75) is 13.8 Å². The van der Waals surface area contributed by atoms with E-state index in [1.807, 2.05) is 30.3 Å². The number of nitrogens with zero attached hydrogens (tertiary/aromatic N) is 2. The van der Waals surface area contributed by atoms with Gasteiger partial charge in [-0.05, 0) is 43.2 Å². The maximum absolute atomic E-state index is 5.29. The zero-order valence-electron chi connectivity index (χ0n) is 13.0. The van der Waals surface area contributed by atoms with Gasteiger partial charge in [-0.1, -0.05) is 30.3 Å². The number of aromatic nitrogens is 2. The first-order valence-corrected chi connectivity index (χ1v) is 7.22. The zero-order valence-corrected chi connectivity index (χ0v) is 13.0. The van der Waals surface area contributed by atoms with Crippen LogP contribution in [0.4, 0.5) is 0 Å². The predicted octanol–water partition coefficient (Wildman–Crippen LogP) is 4.44. The molecule has 0 fully saturated rings. The lowest BCUT2D eigenvalue weighted by Crippen LogP contribution is -1.94. The zero-order chi connectivity index (χ0) is 15.5. The SMILES string of the molecule is COc1cccc(-c2cc(-c3c(C)cccc3C)ncn2)c1. The number of ether oxygens (including phenoxy) is 1. The van der Waals surface area contributed by atoms with Gasteiger partial charge in [-0.2, -0.15) is 0 Å². The largest absolute Gasteiger partial charge is 0.497 e. The summed E-state index contributed by atoms with van der Waals surface area (Å²) >= 11 is 0. The number of rotatable bonds is 3. The summed E-state index contributed by atoms with van der Waals surface area (Å²) in [6, 6.07) is 16.2. The van der Waals surface area contributed by atoms with Gasteiger partial charge in [0.25, 0.3) is 0 Å². The van der Waals surface area contributed by atoms with Crippen LogP contribution in [0.5, 0.6) is 5.75 Å². The average molecular weight is 290 g/mol. The summed E-state index contributed by atoms with van der Waals surface area (Å²) in [5.41, 5.74) is 6.48. The molecule has 0 saturated heterocycles. The lowest BCUT2D eigenvalue weighted by Gasteiger charge is -2.10. The molecular weight excluding hydrogens is 272 g/mol. The van der Waals surface area contributed by atoms with E-state index in [4.69, 9.17) is 4.74 Å². The number of hydrogen-bond donors (Lipinski definition) is 0. The van der Waals surface area contributed by atoms with Crippen molar-refractivity contribution in [2.24, 2.45) is 0 Å². The lowest BCUT2D eigenvalue weighted by molar-refractivity contribution is 0.415. The molecule has 3 aromatic rings. The van der Waals surface area contributed by atoms with Crippen molar-refractivity contribution in [1.82, 2.24) is 9.97 Å². The maximum Gasteiger partial charge on any atom is 0.119 e. The van der Waals surface area contributed by atoms with Crippen LogP contribution in [0.3, 0.4) is 0 Å². The van der Waals surface area contributed by atoms with E-state index >= 15 is 0 Å². The molecule has 0 aliphatic carbocycles. The molecule has 3 rings (SSSR count). The Kier molecular flexibility index (Phi) is 3.88. The Morgan fingerprint density at radius 2 is 1.50 bits per heavy atom. The van der Waals surface area contributed by atoms with Crippen molar-refractivity contribution >= 4 is 0 Å². The Bertz CT molecular complexity index is 792. The molecule has 0 aliphatic heterocycles. The summed E-state index contributed by atoms with van der Waals surface area (Å²) in [4.78, 5) is 8.86. The van der Waals surface area contributed by atoms with E-state index in [0.717, 1.165) is 22.7 Å². The highest BCUT2D eigenvalue weighted by Gasteiger charge is 2.09. The molecule has 3 nitrogen and oxygen atoms in total. The fourth-order valence-electron chi connectivity index (χ4n) is 2.65. The van der Waals surface area contributed by atoms with Gasteiger partial charge in [0.05, 0.1) is 18.5 Å². The standard InChI is InChI=1S/C19H18N2O/c1-13-6-4-7-14(2)19(13)18-11-17(20-12-21-18)15-8-5-9-16(10-15)22-3/h4-12H,1-3H3. The highest BCUT2D eigenvalue weighted by molar-refractivity contribution is 5.72. The van der Waals surface area contributed by atoms with Crippen molar-refractivity contribution in [3.05, 3.63) is 66.0 Å². The minimum atomic E-state index is 0.824. The van der Waals surface area contributed by atoms with Crippen LogP contribution >= 0.6 is 0 Å². The van der Waals surface area contributed by atoms with E-state index in [1.54, 1.807) is 13.4 Å². The van der Waals surface area contributed by atoms with E-state index in [-0.39, 0.29) is 0 Å². The average Bonchev–Trinajstić information content (AvgIpc) is 2.55. The topological polar surface area (TPSA) is 35.0 Å². The first kappa shape index (κ1) is 14.3. The van der Waals surface area contributed by atoms with Crippen LogP contribution in [0.25, 0.3) is 22.5 Å². The summed E-state index contributed by atoms with van der Waals surface area (Å²) in [7, 11) is 1.67. The molecule has 0 unspecified atom stereocenters. The molecule has 0 N–H and O–H groups in total. The quantitative estimate of drug-likeness (QED) is 0.715. The number of hydrogen-bond acceptors (Lipinski definition) is 3. The van der Waals surface area contributed by atoms with Crippen LogP contribution in [0.2, 0.25) is 0 Å². The molecule has 0 bridgehead atoms. The Balaban J connectivity index is 2.10. The molecule has 1 heterocycles. The van der Waals surface area contributed by atoms with Crippen LogP contribution in [0, 0.1) is 13.8 Å². The van der Waals surface area contributed by atoms with Gasteiger partial charge in [0.15, 0.2) is 0 Å². The Hall–Kier alpha value is -2.68. The van der Waals surface area contributed by atoms with Gasteiger partial charge in [0.2, 0.25) is 0 Å². The van der Waals surface area contributed by atoms with E-state index in [9.17, 15) is 0 Å². The molecule has 1 aromatic heterocycles. The molecule has 0 aliphatic rings.